The fourth-order valence-corrected chi connectivity index (χ4v) is 4.36. The van der Waals surface area contributed by atoms with Gasteiger partial charge >= 0.3 is 0 Å². The summed E-state index contributed by atoms with van der Waals surface area (Å²) in [6, 6.07) is 8.07. The molecule has 1 aromatic carbocycles. The zero-order chi connectivity index (χ0) is 20.7. The Morgan fingerprint density at radius 3 is 2.68 bits per heavy atom. The third-order valence-corrected chi connectivity index (χ3v) is 10.7. The van der Waals surface area contributed by atoms with Gasteiger partial charge < -0.3 is 9.74 Å². The number of benzene rings is 1. The molecular weight excluding hydrogens is 388 g/mol. The van der Waals surface area contributed by atoms with Crippen LogP contribution in [0.1, 0.15) is 38.8 Å². The van der Waals surface area contributed by atoms with Gasteiger partial charge in [-0.3, -0.25) is 0 Å². The molecule has 0 saturated carbocycles. The van der Waals surface area contributed by atoms with Gasteiger partial charge in [0.15, 0.2) is 8.32 Å². The van der Waals surface area contributed by atoms with E-state index in [2.05, 4.69) is 68.2 Å². The molecule has 0 bridgehead atoms. The van der Waals surface area contributed by atoms with E-state index in [1.807, 2.05) is 6.07 Å². The van der Waals surface area contributed by atoms with Crippen LogP contribution >= 0.6 is 11.6 Å². The summed E-state index contributed by atoms with van der Waals surface area (Å²) in [6.45, 7) is 14.8. The van der Waals surface area contributed by atoms with Gasteiger partial charge in [-0.1, -0.05) is 27.7 Å². The molecule has 148 valence electrons. The molecule has 3 rings (SSSR count). The van der Waals surface area contributed by atoms with E-state index >= 15 is 0 Å². The number of hydrogen-bond acceptors (Lipinski definition) is 5. The van der Waals surface area contributed by atoms with Crippen molar-refractivity contribution < 1.29 is 4.43 Å². The van der Waals surface area contributed by atoms with Gasteiger partial charge in [-0.15, -0.1) is 0 Å². The van der Waals surface area contributed by atoms with Gasteiger partial charge in [0.1, 0.15) is 6.07 Å². The normalized spacial score (nSPS) is 19.1. The Hall–Kier alpha value is -1.94. The highest BCUT2D eigenvalue weighted by Gasteiger charge is 2.42. The molecular formula is C21H27ClN4OSi. The molecule has 1 aliphatic rings. The standard InChI is InChI=1S/C21H27ClN4OSi/c1-20(2,3)28(5,6)27-13-21(4)12-25-18-15(11-23)9-14(10-16(18)21)17-7-8-24-19(22)26-17/h7-10,25H,12-13H2,1-6H3/t21-/m1/s1. The van der Waals surface area contributed by atoms with Crippen LogP contribution in [0.3, 0.4) is 0 Å². The Kier molecular flexibility index (Phi) is 5.30. The first-order valence-corrected chi connectivity index (χ1v) is 12.7. The average molecular weight is 415 g/mol. The Morgan fingerprint density at radius 2 is 2.07 bits per heavy atom. The first kappa shape index (κ1) is 20.8. The van der Waals surface area contributed by atoms with Crippen LogP contribution in [0.25, 0.3) is 11.3 Å². The van der Waals surface area contributed by atoms with Crippen molar-refractivity contribution in [1.29, 1.82) is 5.26 Å². The second-order valence-corrected chi connectivity index (χ2v) is 14.4. The summed E-state index contributed by atoms with van der Waals surface area (Å²) in [5.41, 5.74) is 3.95. The fraction of sp³-hybridized carbons (Fsp3) is 0.476. The van der Waals surface area contributed by atoms with Crippen molar-refractivity contribution in [1.82, 2.24) is 9.97 Å². The number of halogens is 1. The molecule has 0 radical (unpaired) electrons. The Morgan fingerprint density at radius 1 is 1.36 bits per heavy atom. The maximum Gasteiger partial charge on any atom is 0.222 e. The van der Waals surface area contributed by atoms with E-state index < -0.39 is 8.32 Å². The van der Waals surface area contributed by atoms with Gasteiger partial charge in [0, 0.05) is 30.3 Å². The molecule has 5 nitrogen and oxygen atoms in total. The summed E-state index contributed by atoms with van der Waals surface area (Å²) in [5, 5.41) is 13.5. The number of nitrogens with zero attached hydrogens (tertiary/aromatic N) is 3. The molecule has 1 aromatic heterocycles. The SMILES string of the molecule is CC(C)(C)[Si](C)(C)OC[C@@]1(C)CNc2c(C#N)cc(-c3ccnc(Cl)n3)cc21. The highest BCUT2D eigenvalue weighted by Crippen LogP contribution is 2.43. The molecule has 28 heavy (non-hydrogen) atoms. The van der Waals surface area contributed by atoms with Gasteiger partial charge in [-0.05, 0) is 53.5 Å². The predicted molar refractivity (Wildman–Crippen MR) is 116 cm³/mol. The molecule has 0 aliphatic carbocycles. The number of fused-ring (bicyclic) bond motifs is 1. The van der Waals surface area contributed by atoms with E-state index in [4.69, 9.17) is 16.0 Å². The minimum absolute atomic E-state index is 0.148. The minimum Gasteiger partial charge on any atom is -0.416 e. The van der Waals surface area contributed by atoms with Crippen molar-refractivity contribution in [2.45, 2.75) is 51.2 Å². The molecule has 1 atom stereocenters. The smallest absolute Gasteiger partial charge is 0.222 e. The first-order chi connectivity index (χ1) is 13.0. The van der Waals surface area contributed by atoms with Gasteiger partial charge in [0.05, 0.1) is 16.9 Å². The van der Waals surface area contributed by atoms with Crippen molar-refractivity contribution in [3.05, 3.63) is 40.8 Å². The quantitative estimate of drug-likeness (QED) is 0.537. The van der Waals surface area contributed by atoms with Crippen LogP contribution in [0.5, 0.6) is 0 Å². The number of aromatic nitrogens is 2. The molecule has 0 spiro atoms. The van der Waals surface area contributed by atoms with Crippen molar-refractivity contribution in [2.24, 2.45) is 0 Å². The summed E-state index contributed by atoms with van der Waals surface area (Å²) in [6.07, 6.45) is 1.63. The minimum atomic E-state index is -1.88. The summed E-state index contributed by atoms with van der Waals surface area (Å²) >= 11 is 5.97. The first-order valence-electron chi connectivity index (χ1n) is 9.42. The lowest BCUT2D eigenvalue weighted by Crippen LogP contribution is -2.45. The zero-order valence-corrected chi connectivity index (χ0v) is 19.1. The lowest BCUT2D eigenvalue weighted by molar-refractivity contribution is 0.220. The highest BCUT2D eigenvalue weighted by atomic mass is 35.5. The molecule has 2 heterocycles. The van der Waals surface area contributed by atoms with Crippen LogP contribution in [0.15, 0.2) is 24.4 Å². The van der Waals surface area contributed by atoms with Crippen molar-refractivity contribution in [2.75, 3.05) is 18.5 Å². The summed E-state index contributed by atoms with van der Waals surface area (Å²) < 4.78 is 6.55. The van der Waals surface area contributed by atoms with Gasteiger partial charge in [-0.25, -0.2) is 9.97 Å². The van der Waals surface area contributed by atoms with Crippen LogP contribution in [0, 0.1) is 11.3 Å². The third-order valence-electron chi connectivity index (χ3n) is 6.04. The van der Waals surface area contributed by atoms with Gasteiger partial charge in [0.2, 0.25) is 5.28 Å². The predicted octanol–water partition coefficient (Wildman–Crippen LogP) is 5.37. The Labute approximate surface area is 173 Å². The lowest BCUT2D eigenvalue weighted by atomic mass is 9.83. The second-order valence-electron chi connectivity index (χ2n) is 9.23. The number of anilines is 1. The van der Waals surface area contributed by atoms with E-state index in [0.29, 0.717) is 17.9 Å². The number of nitrogens with one attached hydrogen (secondary N) is 1. The summed E-state index contributed by atoms with van der Waals surface area (Å²) in [7, 11) is -1.88. The lowest BCUT2D eigenvalue weighted by Gasteiger charge is -2.39. The van der Waals surface area contributed by atoms with Crippen molar-refractivity contribution in [3.8, 4) is 17.3 Å². The maximum atomic E-state index is 9.69. The molecule has 1 aliphatic heterocycles. The van der Waals surface area contributed by atoms with Gasteiger partial charge in [0.25, 0.3) is 0 Å². The largest absolute Gasteiger partial charge is 0.416 e. The molecule has 0 fully saturated rings. The Bertz CT molecular complexity index is 948. The van der Waals surface area contributed by atoms with Crippen molar-refractivity contribution >= 4 is 25.6 Å². The van der Waals surface area contributed by atoms with E-state index in [1.54, 1.807) is 12.3 Å². The van der Waals surface area contributed by atoms with Crippen LogP contribution in [-0.2, 0) is 9.84 Å². The molecule has 0 unspecified atom stereocenters. The summed E-state index contributed by atoms with van der Waals surface area (Å²) in [4.78, 5) is 8.26. The third kappa shape index (κ3) is 3.79. The van der Waals surface area contributed by atoms with Crippen LogP contribution in [0.2, 0.25) is 23.4 Å². The highest BCUT2D eigenvalue weighted by molar-refractivity contribution is 6.74. The topological polar surface area (TPSA) is 70.8 Å². The van der Waals surface area contributed by atoms with E-state index in [0.717, 1.165) is 23.4 Å². The maximum absolute atomic E-state index is 9.69. The van der Waals surface area contributed by atoms with Gasteiger partial charge in [-0.2, -0.15) is 5.26 Å². The van der Waals surface area contributed by atoms with E-state index in [-0.39, 0.29) is 15.7 Å². The number of rotatable bonds is 4. The summed E-state index contributed by atoms with van der Waals surface area (Å²) in [5.74, 6) is 0. The molecule has 1 N–H and O–H groups in total. The molecule has 0 saturated heterocycles. The number of nitriles is 1. The van der Waals surface area contributed by atoms with Crippen LogP contribution < -0.4 is 5.32 Å². The Balaban J connectivity index is 2.01. The van der Waals surface area contributed by atoms with E-state index in [1.165, 1.54) is 0 Å². The monoisotopic (exact) mass is 414 g/mol. The van der Waals surface area contributed by atoms with Crippen LogP contribution in [-0.4, -0.2) is 31.4 Å². The zero-order valence-electron chi connectivity index (χ0n) is 17.4. The van der Waals surface area contributed by atoms with Crippen LogP contribution in [0.4, 0.5) is 5.69 Å². The number of hydrogen-bond donors (Lipinski definition) is 1. The van der Waals surface area contributed by atoms with E-state index in [9.17, 15) is 5.26 Å². The average Bonchev–Trinajstić information content (AvgIpc) is 2.96. The van der Waals surface area contributed by atoms with Crippen molar-refractivity contribution in [3.63, 3.8) is 0 Å². The molecule has 2 aromatic rings. The molecule has 0 amide bonds. The second kappa shape index (κ2) is 7.14. The fourth-order valence-electron chi connectivity index (χ4n) is 3.10. The molecule has 7 heteroatoms.